The van der Waals surface area contributed by atoms with Crippen molar-refractivity contribution >= 4 is 11.6 Å². The molecule has 0 unspecified atom stereocenters. The molecule has 2 N–H and O–H groups in total. The highest BCUT2D eigenvalue weighted by Crippen LogP contribution is 2.13. The van der Waals surface area contributed by atoms with Crippen LogP contribution in [0.1, 0.15) is 16.7 Å². The molecule has 0 aliphatic rings. The first-order chi connectivity index (χ1) is 8.69. The highest BCUT2D eigenvalue weighted by atomic mass is 15.0. The van der Waals surface area contributed by atoms with E-state index < -0.39 is 0 Å². The lowest BCUT2D eigenvalue weighted by Crippen LogP contribution is -2.04. The van der Waals surface area contributed by atoms with Crippen LogP contribution in [0.4, 0.5) is 11.6 Å². The van der Waals surface area contributed by atoms with E-state index in [0.717, 1.165) is 18.2 Å². The molecule has 0 aliphatic carbocycles. The number of benzene rings is 1. The molecule has 0 spiro atoms. The van der Waals surface area contributed by atoms with E-state index in [-0.39, 0.29) is 0 Å². The Morgan fingerprint density at radius 2 is 1.83 bits per heavy atom. The van der Waals surface area contributed by atoms with Crippen molar-refractivity contribution in [2.24, 2.45) is 0 Å². The van der Waals surface area contributed by atoms with E-state index in [4.69, 9.17) is 0 Å². The van der Waals surface area contributed by atoms with E-state index >= 15 is 0 Å². The van der Waals surface area contributed by atoms with Crippen LogP contribution in [0.5, 0.6) is 0 Å². The van der Waals surface area contributed by atoms with Gasteiger partial charge in [-0.2, -0.15) is 0 Å². The third-order valence-electron chi connectivity index (χ3n) is 2.89. The van der Waals surface area contributed by atoms with Crippen molar-refractivity contribution in [1.82, 2.24) is 9.97 Å². The average Bonchev–Trinajstić information content (AvgIpc) is 2.40. The minimum atomic E-state index is 0.772. The number of anilines is 2. The number of aryl methyl sites for hydroxylation is 2. The van der Waals surface area contributed by atoms with Gasteiger partial charge in [0.05, 0.1) is 0 Å². The summed E-state index contributed by atoms with van der Waals surface area (Å²) in [6.45, 7) is 5.00. The molecule has 1 heterocycles. The predicted octanol–water partition coefficient (Wildman–Crippen LogP) is 2.75. The predicted molar refractivity (Wildman–Crippen MR) is 74.8 cm³/mol. The van der Waals surface area contributed by atoms with E-state index in [1.54, 1.807) is 6.33 Å². The number of aromatic nitrogens is 2. The second kappa shape index (κ2) is 5.49. The normalized spacial score (nSPS) is 10.2. The maximum atomic E-state index is 4.19. The van der Waals surface area contributed by atoms with Crippen LogP contribution in [0.15, 0.2) is 30.6 Å². The Morgan fingerprint density at radius 1 is 1.06 bits per heavy atom. The zero-order valence-corrected chi connectivity index (χ0v) is 11.0. The number of hydrogen-bond donors (Lipinski definition) is 2. The number of nitrogens with zero attached hydrogens (tertiary/aromatic N) is 2. The Balaban J connectivity index is 2.08. The van der Waals surface area contributed by atoms with Crippen LogP contribution in [-0.4, -0.2) is 17.0 Å². The summed E-state index contributed by atoms with van der Waals surface area (Å²) in [5.74, 6) is 1.64. The van der Waals surface area contributed by atoms with Crippen molar-refractivity contribution in [3.8, 4) is 0 Å². The van der Waals surface area contributed by atoms with Crippen LogP contribution < -0.4 is 10.6 Å². The molecule has 2 rings (SSSR count). The van der Waals surface area contributed by atoms with Gasteiger partial charge < -0.3 is 10.6 Å². The Labute approximate surface area is 107 Å². The van der Waals surface area contributed by atoms with Gasteiger partial charge in [-0.25, -0.2) is 9.97 Å². The SMILES string of the molecule is CNc1cc(NCc2cc(C)ccc2C)ncn1. The summed E-state index contributed by atoms with van der Waals surface area (Å²) in [5, 5.41) is 6.31. The van der Waals surface area contributed by atoms with Gasteiger partial charge in [0, 0.05) is 19.7 Å². The zero-order chi connectivity index (χ0) is 13.0. The first-order valence-electron chi connectivity index (χ1n) is 5.99. The summed E-state index contributed by atoms with van der Waals surface area (Å²) >= 11 is 0. The summed E-state index contributed by atoms with van der Waals surface area (Å²) in [4.78, 5) is 8.27. The van der Waals surface area contributed by atoms with Crippen LogP contribution in [0.25, 0.3) is 0 Å². The minimum Gasteiger partial charge on any atom is -0.373 e. The lowest BCUT2D eigenvalue weighted by Gasteiger charge is -2.10. The smallest absolute Gasteiger partial charge is 0.131 e. The van der Waals surface area contributed by atoms with Gasteiger partial charge in [0.25, 0.3) is 0 Å². The van der Waals surface area contributed by atoms with Crippen molar-refractivity contribution in [1.29, 1.82) is 0 Å². The van der Waals surface area contributed by atoms with Gasteiger partial charge in [0.1, 0.15) is 18.0 Å². The molecular weight excluding hydrogens is 224 g/mol. The highest BCUT2D eigenvalue weighted by molar-refractivity contribution is 5.46. The van der Waals surface area contributed by atoms with Gasteiger partial charge in [-0.1, -0.05) is 23.8 Å². The van der Waals surface area contributed by atoms with E-state index in [2.05, 4.69) is 52.6 Å². The summed E-state index contributed by atoms with van der Waals surface area (Å²) in [6.07, 6.45) is 1.55. The maximum absolute atomic E-state index is 4.19. The molecular formula is C14H18N4. The molecule has 4 heteroatoms. The Hall–Kier alpha value is -2.10. The first-order valence-corrected chi connectivity index (χ1v) is 5.99. The molecule has 0 fully saturated rings. The van der Waals surface area contributed by atoms with Gasteiger partial charge in [0.15, 0.2) is 0 Å². The number of rotatable bonds is 4. The van der Waals surface area contributed by atoms with Crippen LogP contribution in [-0.2, 0) is 6.54 Å². The lowest BCUT2D eigenvalue weighted by atomic mass is 10.1. The molecule has 0 bridgehead atoms. The summed E-state index contributed by atoms with van der Waals surface area (Å²) in [7, 11) is 1.84. The van der Waals surface area contributed by atoms with Gasteiger partial charge in [0.2, 0.25) is 0 Å². The van der Waals surface area contributed by atoms with Gasteiger partial charge >= 0.3 is 0 Å². The summed E-state index contributed by atoms with van der Waals surface area (Å²) in [6, 6.07) is 8.36. The minimum absolute atomic E-state index is 0.772. The van der Waals surface area contributed by atoms with Crippen LogP contribution in [0.3, 0.4) is 0 Å². The lowest BCUT2D eigenvalue weighted by molar-refractivity contribution is 1.06. The van der Waals surface area contributed by atoms with Crippen molar-refractivity contribution in [2.75, 3.05) is 17.7 Å². The van der Waals surface area contributed by atoms with Crippen LogP contribution in [0.2, 0.25) is 0 Å². The van der Waals surface area contributed by atoms with E-state index in [1.165, 1.54) is 16.7 Å². The molecule has 2 aromatic rings. The standard InChI is InChI=1S/C14H18N4/c1-10-4-5-11(2)12(6-10)8-16-14-7-13(15-3)17-9-18-14/h4-7,9H,8H2,1-3H3,(H2,15,16,17,18). The largest absolute Gasteiger partial charge is 0.373 e. The number of hydrogen-bond acceptors (Lipinski definition) is 4. The summed E-state index contributed by atoms with van der Waals surface area (Å²) < 4.78 is 0. The van der Waals surface area contributed by atoms with Crippen molar-refractivity contribution < 1.29 is 0 Å². The second-order valence-corrected chi connectivity index (χ2v) is 4.32. The van der Waals surface area contributed by atoms with Crippen molar-refractivity contribution in [3.63, 3.8) is 0 Å². The molecule has 0 saturated carbocycles. The Kier molecular flexibility index (Phi) is 3.77. The second-order valence-electron chi connectivity index (χ2n) is 4.32. The molecule has 94 valence electrons. The third kappa shape index (κ3) is 2.97. The fraction of sp³-hybridized carbons (Fsp3) is 0.286. The molecule has 0 amide bonds. The van der Waals surface area contributed by atoms with Gasteiger partial charge in [-0.3, -0.25) is 0 Å². The Morgan fingerprint density at radius 3 is 2.61 bits per heavy atom. The maximum Gasteiger partial charge on any atom is 0.131 e. The first kappa shape index (κ1) is 12.4. The molecule has 0 saturated heterocycles. The fourth-order valence-corrected chi connectivity index (χ4v) is 1.77. The van der Waals surface area contributed by atoms with Crippen LogP contribution in [0, 0.1) is 13.8 Å². The quantitative estimate of drug-likeness (QED) is 0.865. The van der Waals surface area contributed by atoms with E-state index in [1.807, 2.05) is 13.1 Å². The molecule has 0 atom stereocenters. The van der Waals surface area contributed by atoms with Gasteiger partial charge in [-0.15, -0.1) is 0 Å². The fourth-order valence-electron chi connectivity index (χ4n) is 1.77. The van der Waals surface area contributed by atoms with Gasteiger partial charge in [-0.05, 0) is 25.0 Å². The molecule has 0 radical (unpaired) electrons. The van der Waals surface area contributed by atoms with E-state index in [0.29, 0.717) is 0 Å². The van der Waals surface area contributed by atoms with E-state index in [9.17, 15) is 0 Å². The van der Waals surface area contributed by atoms with Crippen molar-refractivity contribution in [2.45, 2.75) is 20.4 Å². The molecule has 0 aliphatic heterocycles. The monoisotopic (exact) mass is 242 g/mol. The molecule has 1 aromatic carbocycles. The molecule has 18 heavy (non-hydrogen) atoms. The zero-order valence-electron chi connectivity index (χ0n) is 11.0. The third-order valence-corrected chi connectivity index (χ3v) is 2.89. The van der Waals surface area contributed by atoms with Crippen molar-refractivity contribution in [3.05, 3.63) is 47.3 Å². The Bertz CT molecular complexity index is 537. The average molecular weight is 242 g/mol. The topological polar surface area (TPSA) is 49.8 Å². The number of nitrogens with one attached hydrogen (secondary N) is 2. The summed E-state index contributed by atoms with van der Waals surface area (Å²) in [5.41, 5.74) is 3.85. The molecule has 4 nitrogen and oxygen atoms in total. The molecule has 1 aromatic heterocycles. The highest BCUT2D eigenvalue weighted by Gasteiger charge is 2.00. The van der Waals surface area contributed by atoms with Crippen LogP contribution >= 0.6 is 0 Å².